The Labute approximate surface area is 196 Å². The number of nitrogens with one attached hydrogen (secondary N) is 1. The maximum absolute atomic E-state index is 14.6. The summed E-state index contributed by atoms with van der Waals surface area (Å²) in [7, 11) is 1.53. The molecule has 1 saturated carbocycles. The Balaban J connectivity index is 1.35. The third kappa shape index (κ3) is 5.31. The minimum atomic E-state index is -0.817. The molecule has 0 saturated heterocycles. The number of methoxy groups -OCH3 is 1. The first-order chi connectivity index (χ1) is 15.4. The summed E-state index contributed by atoms with van der Waals surface area (Å²) in [5.41, 5.74) is 1.84. The molecule has 8 heteroatoms. The van der Waals surface area contributed by atoms with Crippen LogP contribution in [-0.4, -0.2) is 33.8 Å². The van der Waals surface area contributed by atoms with Crippen LogP contribution in [0.5, 0.6) is 5.88 Å². The van der Waals surface area contributed by atoms with Gasteiger partial charge >= 0.3 is 0 Å². The van der Waals surface area contributed by atoms with E-state index in [0.717, 1.165) is 18.4 Å². The maximum atomic E-state index is 14.6. The molecule has 0 aliphatic heterocycles. The molecule has 2 aromatic heterocycles. The van der Waals surface area contributed by atoms with E-state index >= 15 is 0 Å². The fourth-order valence-corrected chi connectivity index (χ4v) is 4.63. The van der Waals surface area contributed by atoms with Crippen molar-refractivity contribution >= 4 is 34.2 Å². The Hall–Kier alpha value is -1.99. The lowest BCUT2D eigenvalue weighted by Crippen LogP contribution is -2.41. The second-order valence-electron chi connectivity index (χ2n) is 8.43. The Kier molecular flexibility index (Phi) is 7.15. The molecular formula is C24H26Cl2FN3O2. The summed E-state index contributed by atoms with van der Waals surface area (Å²) in [6.45, 7) is 0.696. The van der Waals surface area contributed by atoms with Crippen molar-refractivity contribution in [2.75, 3.05) is 7.11 Å². The molecule has 1 fully saturated rings. The van der Waals surface area contributed by atoms with Gasteiger partial charge in [-0.15, -0.1) is 0 Å². The molecule has 0 spiro atoms. The zero-order chi connectivity index (χ0) is 22.7. The van der Waals surface area contributed by atoms with Gasteiger partial charge in [0.1, 0.15) is 5.82 Å². The molecule has 3 aromatic rings. The van der Waals surface area contributed by atoms with Gasteiger partial charge in [-0.05, 0) is 62.3 Å². The summed E-state index contributed by atoms with van der Waals surface area (Å²) in [4.78, 5) is 8.50. The number of aromatic nitrogens is 2. The zero-order valence-corrected chi connectivity index (χ0v) is 19.4. The molecule has 5 nitrogen and oxygen atoms in total. The number of nitrogens with zero attached hydrogens (tertiary/aromatic N) is 2. The van der Waals surface area contributed by atoms with Crippen molar-refractivity contribution in [1.29, 1.82) is 0 Å². The molecule has 0 amide bonds. The molecule has 0 bridgehead atoms. The van der Waals surface area contributed by atoms with Crippen molar-refractivity contribution in [3.05, 3.63) is 63.5 Å². The van der Waals surface area contributed by atoms with Crippen LogP contribution >= 0.6 is 23.2 Å². The van der Waals surface area contributed by atoms with Gasteiger partial charge in [-0.2, -0.15) is 0 Å². The van der Waals surface area contributed by atoms with Gasteiger partial charge in [0.15, 0.2) is 0 Å². The van der Waals surface area contributed by atoms with Gasteiger partial charge in [-0.1, -0.05) is 29.3 Å². The smallest absolute Gasteiger partial charge is 0.213 e. The number of hydrogen-bond acceptors (Lipinski definition) is 5. The highest BCUT2D eigenvalue weighted by molar-refractivity contribution is 6.42. The van der Waals surface area contributed by atoms with E-state index in [4.69, 9.17) is 27.9 Å². The largest absolute Gasteiger partial charge is 0.481 e. The summed E-state index contributed by atoms with van der Waals surface area (Å²) in [6, 6.07) is 9.41. The molecule has 32 heavy (non-hydrogen) atoms. The summed E-state index contributed by atoms with van der Waals surface area (Å²) in [6.07, 6.45) is 5.11. The molecule has 0 atom stereocenters. The van der Waals surface area contributed by atoms with Crippen LogP contribution in [0.4, 0.5) is 4.39 Å². The van der Waals surface area contributed by atoms with Crippen LogP contribution in [0, 0.1) is 5.82 Å². The molecule has 0 radical (unpaired) electrons. The standard InChI is InChI=1S/C24H26Cl2FN3O2/c1-32-22-5-4-21-23(30-22)17(20(27)14-29-21)8-11-24(31)9-6-16(7-10-24)28-13-15-2-3-18(25)19(26)12-15/h2-5,12,14,16,28,31H,6-11,13H2,1H3. The van der Waals surface area contributed by atoms with E-state index in [-0.39, 0.29) is 0 Å². The zero-order valence-electron chi connectivity index (χ0n) is 17.9. The lowest BCUT2D eigenvalue weighted by Gasteiger charge is -2.36. The van der Waals surface area contributed by atoms with E-state index in [1.54, 1.807) is 18.2 Å². The highest BCUT2D eigenvalue weighted by Gasteiger charge is 2.33. The number of benzene rings is 1. The summed E-state index contributed by atoms with van der Waals surface area (Å²) >= 11 is 12.1. The molecule has 170 valence electrons. The number of ether oxygens (including phenoxy) is 1. The second-order valence-corrected chi connectivity index (χ2v) is 9.25. The highest BCUT2D eigenvalue weighted by atomic mass is 35.5. The van der Waals surface area contributed by atoms with Crippen LogP contribution in [0.1, 0.15) is 43.2 Å². The van der Waals surface area contributed by atoms with Gasteiger partial charge in [-0.3, -0.25) is 4.98 Å². The number of aliphatic hydroxyl groups is 1. The molecule has 2 heterocycles. The van der Waals surface area contributed by atoms with Crippen LogP contribution in [0.15, 0.2) is 36.5 Å². The van der Waals surface area contributed by atoms with E-state index in [9.17, 15) is 9.50 Å². The van der Waals surface area contributed by atoms with Gasteiger partial charge in [0.2, 0.25) is 5.88 Å². The average Bonchev–Trinajstić information content (AvgIpc) is 2.80. The quantitative estimate of drug-likeness (QED) is 0.471. The molecule has 2 N–H and O–H groups in total. The number of halogens is 3. The summed E-state index contributed by atoms with van der Waals surface area (Å²) in [5, 5.41) is 15.8. The Morgan fingerprint density at radius 2 is 1.97 bits per heavy atom. The first kappa shape index (κ1) is 23.2. The Morgan fingerprint density at radius 1 is 1.19 bits per heavy atom. The SMILES string of the molecule is COc1ccc2ncc(F)c(CCC3(O)CCC(NCc4ccc(Cl)c(Cl)c4)CC3)c2n1. The van der Waals surface area contributed by atoms with E-state index in [0.29, 0.717) is 70.8 Å². The third-order valence-electron chi connectivity index (χ3n) is 6.28. The summed E-state index contributed by atoms with van der Waals surface area (Å²) < 4.78 is 19.7. The van der Waals surface area contributed by atoms with Crippen molar-refractivity contribution in [3.63, 3.8) is 0 Å². The van der Waals surface area contributed by atoms with E-state index in [1.807, 2.05) is 12.1 Å². The van der Waals surface area contributed by atoms with Crippen molar-refractivity contribution in [3.8, 4) is 5.88 Å². The number of aryl methyl sites for hydroxylation is 1. The van der Waals surface area contributed by atoms with Gasteiger partial charge < -0.3 is 15.2 Å². The lowest BCUT2D eigenvalue weighted by molar-refractivity contribution is -0.0109. The molecule has 1 aliphatic carbocycles. The third-order valence-corrected chi connectivity index (χ3v) is 7.02. The first-order valence-corrected chi connectivity index (χ1v) is 11.5. The maximum Gasteiger partial charge on any atom is 0.213 e. The number of fused-ring (bicyclic) bond motifs is 1. The minimum Gasteiger partial charge on any atom is -0.481 e. The number of rotatable bonds is 7. The van der Waals surface area contributed by atoms with Crippen molar-refractivity contribution in [2.24, 2.45) is 0 Å². The fourth-order valence-electron chi connectivity index (χ4n) is 4.31. The van der Waals surface area contributed by atoms with Gasteiger partial charge in [0, 0.05) is 24.2 Å². The van der Waals surface area contributed by atoms with E-state index in [1.165, 1.54) is 13.3 Å². The Morgan fingerprint density at radius 3 is 2.69 bits per heavy atom. The van der Waals surface area contributed by atoms with Crippen LogP contribution < -0.4 is 10.1 Å². The first-order valence-electron chi connectivity index (χ1n) is 10.7. The van der Waals surface area contributed by atoms with Crippen LogP contribution in [0.3, 0.4) is 0 Å². The van der Waals surface area contributed by atoms with Crippen LogP contribution in [0.25, 0.3) is 11.0 Å². The topological polar surface area (TPSA) is 67.3 Å². The fraction of sp³-hybridized carbons (Fsp3) is 0.417. The van der Waals surface area contributed by atoms with Gasteiger partial charge in [0.25, 0.3) is 0 Å². The predicted octanol–water partition coefficient (Wildman–Crippen LogP) is 5.48. The second kappa shape index (κ2) is 9.87. The molecule has 1 aliphatic rings. The lowest BCUT2D eigenvalue weighted by atomic mass is 9.78. The van der Waals surface area contributed by atoms with Crippen LogP contribution in [0.2, 0.25) is 10.0 Å². The Bertz CT molecular complexity index is 1100. The highest BCUT2D eigenvalue weighted by Crippen LogP contribution is 2.34. The van der Waals surface area contributed by atoms with Crippen LogP contribution in [-0.2, 0) is 13.0 Å². The molecular weight excluding hydrogens is 452 g/mol. The van der Waals surface area contributed by atoms with E-state index in [2.05, 4.69) is 15.3 Å². The molecule has 1 aromatic carbocycles. The minimum absolute atomic E-state index is 0.314. The van der Waals surface area contributed by atoms with Crippen molar-refractivity contribution < 1.29 is 14.2 Å². The molecule has 0 unspecified atom stereocenters. The van der Waals surface area contributed by atoms with E-state index < -0.39 is 11.4 Å². The van der Waals surface area contributed by atoms with Crippen molar-refractivity contribution in [2.45, 2.75) is 56.7 Å². The number of pyridine rings is 2. The number of hydrogen-bond donors (Lipinski definition) is 2. The summed E-state index contributed by atoms with van der Waals surface area (Å²) in [5.74, 6) is 0.0113. The molecule has 4 rings (SSSR count). The predicted molar refractivity (Wildman–Crippen MR) is 125 cm³/mol. The normalized spacial score (nSPS) is 21.1. The van der Waals surface area contributed by atoms with Gasteiger partial charge in [-0.25, -0.2) is 9.37 Å². The van der Waals surface area contributed by atoms with Crippen molar-refractivity contribution in [1.82, 2.24) is 15.3 Å². The average molecular weight is 478 g/mol. The monoisotopic (exact) mass is 477 g/mol. The van der Waals surface area contributed by atoms with Gasteiger partial charge in [0.05, 0.1) is 40.0 Å².